The maximum Gasteiger partial charge on any atom is 0.215 e. The topological polar surface area (TPSA) is 60.7 Å². The summed E-state index contributed by atoms with van der Waals surface area (Å²) >= 11 is 0. The lowest BCUT2D eigenvalue weighted by atomic mass is 10.2. The lowest BCUT2D eigenvalue weighted by molar-refractivity contribution is 0.110. The van der Waals surface area contributed by atoms with Gasteiger partial charge in [-0.05, 0) is 23.3 Å². The number of hydrogen-bond acceptors (Lipinski definition) is 4. The van der Waals surface area contributed by atoms with Gasteiger partial charge in [0.1, 0.15) is 0 Å². The molecule has 0 aromatic carbocycles. The van der Waals surface area contributed by atoms with Gasteiger partial charge in [-0.1, -0.05) is 12.8 Å². The lowest BCUT2D eigenvalue weighted by Crippen LogP contribution is -2.10. The summed E-state index contributed by atoms with van der Waals surface area (Å²) in [6.45, 7) is 0. The zero-order valence-electron chi connectivity index (χ0n) is 6.68. The zero-order chi connectivity index (χ0) is 8.39. The second-order valence-electron chi connectivity index (χ2n) is 3.04. The van der Waals surface area contributed by atoms with Crippen molar-refractivity contribution in [2.45, 2.75) is 31.7 Å². The Hall–Kier alpha value is -1.26. The molecule has 64 valence electrons. The summed E-state index contributed by atoms with van der Waals surface area (Å²) in [4.78, 5) is 10.5. The van der Waals surface area contributed by atoms with Crippen LogP contribution in [0.5, 0.6) is 0 Å². The van der Waals surface area contributed by atoms with Crippen molar-refractivity contribution in [3.05, 3.63) is 5.82 Å². The molecule has 1 aliphatic carbocycles. The third-order valence-electron chi connectivity index (χ3n) is 2.29. The van der Waals surface area contributed by atoms with Crippen LogP contribution in [0.25, 0.3) is 0 Å². The molecule has 5 heteroatoms. The summed E-state index contributed by atoms with van der Waals surface area (Å²) in [5.41, 5.74) is 0. The average Bonchev–Trinajstić information content (AvgIpc) is 2.74. The van der Waals surface area contributed by atoms with E-state index >= 15 is 0 Å². The van der Waals surface area contributed by atoms with Crippen LogP contribution in [0.2, 0.25) is 0 Å². The minimum absolute atomic E-state index is 0.347. The second-order valence-corrected chi connectivity index (χ2v) is 3.04. The van der Waals surface area contributed by atoms with Gasteiger partial charge in [0.15, 0.2) is 6.29 Å². The molecule has 0 atom stereocenters. The Morgan fingerprint density at radius 2 is 2.17 bits per heavy atom. The highest BCUT2D eigenvalue weighted by Gasteiger charge is 2.20. The molecular weight excluding hydrogens is 156 g/mol. The van der Waals surface area contributed by atoms with Crippen LogP contribution in [0.3, 0.4) is 0 Å². The van der Waals surface area contributed by atoms with Crippen LogP contribution in [-0.2, 0) is 0 Å². The van der Waals surface area contributed by atoms with Gasteiger partial charge in [0.05, 0.1) is 6.04 Å². The number of aromatic nitrogens is 4. The fraction of sp³-hybridized carbons (Fsp3) is 0.714. The van der Waals surface area contributed by atoms with E-state index in [1.54, 1.807) is 4.68 Å². The molecule has 1 fully saturated rings. The van der Waals surface area contributed by atoms with Crippen LogP contribution < -0.4 is 0 Å². The summed E-state index contributed by atoms with van der Waals surface area (Å²) in [6, 6.07) is 0.347. The first-order valence-corrected chi connectivity index (χ1v) is 4.15. The lowest BCUT2D eigenvalue weighted by Gasteiger charge is -2.07. The summed E-state index contributed by atoms with van der Waals surface area (Å²) in [5, 5.41) is 10.9. The van der Waals surface area contributed by atoms with Crippen molar-refractivity contribution in [1.29, 1.82) is 0 Å². The number of tetrazole rings is 1. The number of hydrogen-bond donors (Lipinski definition) is 0. The van der Waals surface area contributed by atoms with Gasteiger partial charge < -0.3 is 0 Å². The van der Waals surface area contributed by atoms with Crippen molar-refractivity contribution in [1.82, 2.24) is 20.2 Å². The predicted molar refractivity (Wildman–Crippen MR) is 40.7 cm³/mol. The summed E-state index contributed by atoms with van der Waals surface area (Å²) in [6.07, 6.45) is 5.31. The highest BCUT2D eigenvalue weighted by molar-refractivity contribution is 5.68. The normalized spacial score (nSPS) is 18.3. The molecular formula is C7H10N4O. The van der Waals surface area contributed by atoms with Crippen molar-refractivity contribution in [2.24, 2.45) is 0 Å². The number of carbonyl (C=O) groups excluding carboxylic acids is 1. The van der Waals surface area contributed by atoms with E-state index in [4.69, 9.17) is 0 Å². The minimum Gasteiger partial charge on any atom is -0.294 e. The molecule has 0 spiro atoms. The molecule has 1 heterocycles. The molecule has 0 amide bonds. The van der Waals surface area contributed by atoms with Crippen LogP contribution in [-0.4, -0.2) is 26.5 Å². The van der Waals surface area contributed by atoms with E-state index in [2.05, 4.69) is 15.5 Å². The van der Waals surface area contributed by atoms with E-state index in [-0.39, 0.29) is 0 Å². The van der Waals surface area contributed by atoms with Gasteiger partial charge in [-0.15, -0.1) is 5.10 Å². The highest BCUT2D eigenvalue weighted by Crippen LogP contribution is 2.28. The molecule has 12 heavy (non-hydrogen) atoms. The minimum atomic E-state index is 0.347. The van der Waals surface area contributed by atoms with Gasteiger partial charge in [-0.25, -0.2) is 4.68 Å². The number of carbonyl (C=O) groups is 1. The maximum absolute atomic E-state index is 10.5. The molecule has 1 saturated carbocycles. The SMILES string of the molecule is O=Cc1nnnn1C1CCCC1. The largest absolute Gasteiger partial charge is 0.294 e. The predicted octanol–water partition coefficient (Wildman–Crippen LogP) is 0.601. The number of aldehydes is 1. The van der Waals surface area contributed by atoms with Crippen molar-refractivity contribution in [2.75, 3.05) is 0 Å². The third-order valence-corrected chi connectivity index (χ3v) is 2.29. The fourth-order valence-corrected chi connectivity index (χ4v) is 1.69. The van der Waals surface area contributed by atoms with Crippen molar-refractivity contribution in [3.63, 3.8) is 0 Å². The van der Waals surface area contributed by atoms with Crippen LogP contribution in [0.15, 0.2) is 0 Å². The van der Waals surface area contributed by atoms with Crippen molar-refractivity contribution >= 4 is 6.29 Å². The molecule has 0 radical (unpaired) electrons. The fourth-order valence-electron chi connectivity index (χ4n) is 1.69. The van der Waals surface area contributed by atoms with Gasteiger partial charge in [0.25, 0.3) is 0 Å². The summed E-state index contributed by atoms with van der Waals surface area (Å²) in [7, 11) is 0. The monoisotopic (exact) mass is 166 g/mol. The Bertz CT molecular complexity index is 277. The highest BCUT2D eigenvalue weighted by atomic mass is 16.1. The average molecular weight is 166 g/mol. The van der Waals surface area contributed by atoms with Crippen LogP contribution in [0.1, 0.15) is 42.3 Å². The standard InChI is InChI=1S/C7H10N4O/c12-5-7-8-9-10-11(7)6-3-1-2-4-6/h5-6H,1-4H2. The first-order valence-electron chi connectivity index (χ1n) is 4.15. The van der Waals surface area contributed by atoms with Crippen LogP contribution >= 0.6 is 0 Å². The number of nitrogens with zero attached hydrogens (tertiary/aromatic N) is 4. The Morgan fingerprint density at radius 1 is 1.42 bits per heavy atom. The Kier molecular flexibility index (Phi) is 1.85. The van der Waals surface area contributed by atoms with E-state index in [9.17, 15) is 4.79 Å². The van der Waals surface area contributed by atoms with E-state index in [1.165, 1.54) is 12.8 Å². The quantitative estimate of drug-likeness (QED) is 0.603. The molecule has 0 aliphatic heterocycles. The van der Waals surface area contributed by atoms with Gasteiger partial charge in [0, 0.05) is 0 Å². The van der Waals surface area contributed by atoms with Gasteiger partial charge in [-0.2, -0.15) is 0 Å². The smallest absolute Gasteiger partial charge is 0.215 e. The van der Waals surface area contributed by atoms with E-state index in [0.717, 1.165) is 12.8 Å². The number of rotatable bonds is 2. The molecule has 0 N–H and O–H groups in total. The molecule has 0 unspecified atom stereocenters. The first kappa shape index (κ1) is 7.39. The molecule has 1 aromatic rings. The molecule has 5 nitrogen and oxygen atoms in total. The van der Waals surface area contributed by atoms with Crippen LogP contribution in [0.4, 0.5) is 0 Å². The van der Waals surface area contributed by atoms with Crippen LogP contribution in [0, 0.1) is 0 Å². The summed E-state index contributed by atoms with van der Waals surface area (Å²) < 4.78 is 1.64. The molecule has 1 aliphatic rings. The molecule has 1 aromatic heterocycles. The van der Waals surface area contributed by atoms with E-state index in [1.807, 2.05) is 0 Å². The molecule has 0 saturated heterocycles. The van der Waals surface area contributed by atoms with E-state index < -0.39 is 0 Å². The second kappa shape index (κ2) is 3.00. The molecule has 0 bridgehead atoms. The van der Waals surface area contributed by atoms with E-state index in [0.29, 0.717) is 18.2 Å². The summed E-state index contributed by atoms with van der Waals surface area (Å²) in [5.74, 6) is 0.349. The first-order chi connectivity index (χ1) is 5.92. The van der Waals surface area contributed by atoms with Gasteiger partial charge in [-0.3, -0.25) is 4.79 Å². The maximum atomic E-state index is 10.5. The van der Waals surface area contributed by atoms with Gasteiger partial charge in [0.2, 0.25) is 5.82 Å². The van der Waals surface area contributed by atoms with Crippen molar-refractivity contribution in [3.8, 4) is 0 Å². The Morgan fingerprint density at radius 3 is 2.83 bits per heavy atom. The zero-order valence-corrected chi connectivity index (χ0v) is 6.68. The third kappa shape index (κ3) is 1.11. The van der Waals surface area contributed by atoms with Crippen molar-refractivity contribution < 1.29 is 4.79 Å². The molecule has 2 rings (SSSR count). The van der Waals surface area contributed by atoms with Gasteiger partial charge >= 0.3 is 0 Å². The Labute approximate surface area is 69.8 Å². The Balaban J connectivity index is 2.25.